The number of allylic oxidation sites excluding steroid dienone is 6. The van der Waals surface area contributed by atoms with Crippen molar-refractivity contribution in [2.45, 2.75) is 283 Å². The molecule has 0 aliphatic heterocycles. The fraction of sp³-hybridized carbons (Fsp3) is 0.849. The molecule has 0 rings (SSSR count). The lowest BCUT2D eigenvalue weighted by Gasteiger charge is -2.24. The van der Waals surface area contributed by atoms with Crippen molar-refractivity contribution in [2.24, 2.45) is 0 Å². The second-order valence-electron chi connectivity index (χ2n) is 17.6. The van der Waals surface area contributed by atoms with Crippen LogP contribution >= 0.6 is 0 Å². The highest BCUT2D eigenvalue weighted by molar-refractivity contribution is 5.77. The molecule has 346 valence electrons. The molecule has 0 saturated carbocycles. The minimum absolute atomic E-state index is 0.0709. The van der Waals surface area contributed by atoms with Crippen LogP contribution in [0.15, 0.2) is 36.5 Å². The first-order valence-electron chi connectivity index (χ1n) is 25.7. The second-order valence-corrected chi connectivity index (χ2v) is 17.6. The first-order chi connectivity index (χ1) is 29.0. The number of carbonyl (C=O) groups is 2. The molecular weight excluding hydrogens is 731 g/mol. The molecule has 0 fully saturated rings. The predicted octanol–water partition coefficient (Wildman–Crippen LogP) is 15.3. The molecule has 0 aromatic rings. The molecule has 3 atom stereocenters. The lowest BCUT2D eigenvalue weighted by atomic mass is 10.0. The molecule has 3 N–H and O–H groups in total. The van der Waals surface area contributed by atoms with Crippen molar-refractivity contribution < 1.29 is 24.5 Å². The van der Waals surface area contributed by atoms with E-state index in [1.807, 2.05) is 0 Å². The molecule has 6 heteroatoms. The zero-order valence-corrected chi connectivity index (χ0v) is 39.4. The minimum Gasteiger partial charge on any atom is -0.462 e. The molecule has 1 amide bonds. The second kappa shape index (κ2) is 47.1. The Morgan fingerprint density at radius 3 is 1.39 bits per heavy atom. The molecule has 0 aliphatic carbocycles. The Morgan fingerprint density at radius 2 is 0.881 bits per heavy atom. The van der Waals surface area contributed by atoms with Crippen LogP contribution in [0.1, 0.15) is 265 Å². The van der Waals surface area contributed by atoms with Gasteiger partial charge in [0.1, 0.15) is 6.10 Å². The van der Waals surface area contributed by atoms with Crippen molar-refractivity contribution in [1.82, 2.24) is 5.32 Å². The van der Waals surface area contributed by atoms with E-state index >= 15 is 0 Å². The number of esters is 1. The molecule has 0 bridgehead atoms. The van der Waals surface area contributed by atoms with Gasteiger partial charge in [0.2, 0.25) is 5.91 Å². The summed E-state index contributed by atoms with van der Waals surface area (Å²) in [5, 5.41) is 23.7. The van der Waals surface area contributed by atoms with Gasteiger partial charge in [-0.15, -0.1) is 0 Å². The van der Waals surface area contributed by atoms with Gasteiger partial charge < -0.3 is 20.3 Å². The van der Waals surface area contributed by atoms with Crippen molar-refractivity contribution in [3.63, 3.8) is 0 Å². The van der Waals surface area contributed by atoms with Gasteiger partial charge in [-0.2, -0.15) is 0 Å². The van der Waals surface area contributed by atoms with E-state index in [1.165, 1.54) is 141 Å². The quantitative estimate of drug-likeness (QED) is 0.0323. The lowest BCUT2D eigenvalue weighted by Crippen LogP contribution is -2.46. The summed E-state index contributed by atoms with van der Waals surface area (Å²) in [6.45, 7) is 6.42. The lowest BCUT2D eigenvalue weighted by molar-refractivity contribution is -0.151. The van der Waals surface area contributed by atoms with Gasteiger partial charge in [-0.1, -0.05) is 211 Å². The summed E-state index contributed by atoms with van der Waals surface area (Å²) in [5.74, 6) is -0.485. The maximum absolute atomic E-state index is 13.2. The first-order valence-corrected chi connectivity index (χ1v) is 25.7. The molecule has 0 aliphatic rings. The van der Waals surface area contributed by atoms with E-state index in [-0.39, 0.29) is 24.9 Å². The Hall–Kier alpha value is -1.92. The molecule has 6 nitrogen and oxygen atoms in total. The first kappa shape index (κ1) is 57.1. The Bertz CT molecular complexity index is 977. The third kappa shape index (κ3) is 42.6. The van der Waals surface area contributed by atoms with Gasteiger partial charge in [-0.05, 0) is 77.0 Å². The van der Waals surface area contributed by atoms with Crippen molar-refractivity contribution >= 4 is 11.9 Å². The van der Waals surface area contributed by atoms with Crippen molar-refractivity contribution in [2.75, 3.05) is 6.61 Å². The van der Waals surface area contributed by atoms with Gasteiger partial charge in [-0.3, -0.25) is 9.59 Å². The number of ether oxygens (including phenoxy) is 1. The van der Waals surface area contributed by atoms with Crippen LogP contribution in [0.5, 0.6) is 0 Å². The summed E-state index contributed by atoms with van der Waals surface area (Å²) in [5.41, 5.74) is 0. The molecule has 0 aromatic heterocycles. The highest BCUT2D eigenvalue weighted by Gasteiger charge is 2.24. The van der Waals surface area contributed by atoms with Crippen molar-refractivity contribution in [3.05, 3.63) is 36.5 Å². The van der Waals surface area contributed by atoms with Gasteiger partial charge in [0.15, 0.2) is 0 Å². The minimum atomic E-state index is -0.788. The van der Waals surface area contributed by atoms with Gasteiger partial charge in [0.25, 0.3) is 0 Å². The number of carbonyl (C=O) groups excluding carboxylic acids is 2. The number of hydrogen-bond donors (Lipinski definition) is 3. The fourth-order valence-electron chi connectivity index (χ4n) is 7.74. The molecule has 3 unspecified atom stereocenters. The average molecular weight is 830 g/mol. The normalized spacial score (nSPS) is 13.5. The van der Waals surface area contributed by atoms with E-state index in [9.17, 15) is 19.8 Å². The zero-order valence-electron chi connectivity index (χ0n) is 39.4. The van der Waals surface area contributed by atoms with Crippen LogP contribution in [0, 0.1) is 0 Å². The van der Waals surface area contributed by atoms with Crippen LogP contribution in [-0.2, 0) is 14.3 Å². The topological polar surface area (TPSA) is 95.9 Å². The Kier molecular flexibility index (Phi) is 45.6. The number of rotatable bonds is 46. The van der Waals surface area contributed by atoms with Crippen LogP contribution in [0.3, 0.4) is 0 Å². The highest BCUT2D eigenvalue weighted by Crippen LogP contribution is 2.18. The maximum atomic E-state index is 13.2. The van der Waals surface area contributed by atoms with Crippen LogP contribution in [0.4, 0.5) is 0 Å². The standard InChI is InChI=1S/C53H99NO5/c1-4-7-10-13-16-19-22-24-25-26-27-28-30-32-35-38-41-44-49(59-53(58)46-43-40-37-34-29-21-18-15-12-9-6-3)47-52(57)54-50(48-55)51(56)45-42-39-36-33-31-23-20-17-14-11-8-5-2/h15-16,18-19,24-25,49-51,55-56H,4-14,17,20-23,26-48H2,1-3H3,(H,54,57)/b18-15-,19-16-,25-24-. The van der Waals surface area contributed by atoms with Gasteiger partial charge in [-0.25, -0.2) is 0 Å². The number of nitrogens with one attached hydrogen (secondary N) is 1. The summed E-state index contributed by atoms with van der Waals surface area (Å²) >= 11 is 0. The number of aliphatic hydroxyl groups excluding tert-OH is 2. The average Bonchev–Trinajstić information content (AvgIpc) is 3.23. The van der Waals surface area contributed by atoms with Gasteiger partial charge in [0, 0.05) is 6.42 Å². The van der Waals surface area contributed by atoms with Crippen molar-refractivity contribution in [1.29, 1.82) is 0 Å². The predicted molar refractivity (Wildman–Crippen MR) is 255 cm³/mol. The number of unbranched alkanes of at least 4 members (excludes halogenated alkanes) is 28. The zero-order chi connectivity index (χ0) is 43.1. The van der Waals surface area contributed by atoms with E-state index in [2.05, 4.69) is 62.5 Å². The third-order valence-electron chi connectivity index (χ3n) is 11.7. The Balaban J connectivity index is 4.58. The summed E-state index contributed by atoms with van der Waals surface area (Å²) in [7, 11) is 0. The Morgan fingerprint density at radius 1 is 0.492 bits per heavy atom. The van der Waals surface area contributed by atoms with E-state index < -0.39 is 18.2 Å². The van der Waals surface area contributed by atoms with Crippen LogP contribution in [0.2, 0.25) is 0 Å². The molecule has 0 saturated heterocycles. The number of aliphatic hydroxyl groups is 2. The van der Waals surface area contributed by atoms with E-state index in [0.717, 1.165) is 77.0 Å². The molecule has 0 heterocycles. The number of hydrogen-bond acceptors (Lipinski definition) is 5. The van der Waals surface area contributed by atoms with Crippen LogP contribution in [-0.4, -0.2) is 46.9 Å². The maximum Gasteiger partial charge on any atom is 0.306 e. The summed E-state index contributed by atoms with van der Waals surface area (Å²) in [4.78, 5) is 26.1. The van der Waals surface area contributed by atoms with E-state index in [4.69, 9.17) is 4.74 Å². The van der Waals surface area contributed by atoms with Gasteiger partial charge >= 0.3 is 5.97 Å². The summed E-state index contributed by atoms with van der Waals surface area (Å²) in [6, 6.07) is -0.703. The SMILES string of the molecule is CCCC/C=C\CCCCCCCC(=O)OC(CCCCCCCCC/C=C\C/C=C\CCCCC)CC(=O)NC(CO)C(O)CCCCCCCCCCCCCC. The highest BCUT2D eigenvalue weighted by atomic mass is 16.5. The third-order valence-corrected chi connectivity index (χ3v) is 11.7. The van der Waals surface area contributed by atoms with Crippen LogP contribution in [0.25, 0.3) is 0 Å². The molecule has 0 aromatic carbocycles. The molecule has 59 heavy (non-hydrogen) atoms. The van der Waals surface area contributed by atoms with E-state index in [1.54, 1.807) is 0 Å². The summed E-state index contributed by atoms with van der Waals surface area (Å²) in [6.07, 6.45) is 54.8. The monoisotopic (exact) mass is 830 g/mol. The largest absolute Gasteiger partial charge is 0.462 e. The fourth-order valence-corrected chi connectivity index (χ4v) is 7.74. The Labute approximate surface area is 366 Å². The molecular formula is C53H99NO5. The molecule has 0 spiro atoms. The number of amides is 1. The van der Waals surface area contributed by atoms with E-state index in [0.29, 0.717) is 19.3 Å². The summed E-state index contributed by atoms with van der Waals surface area (Å²) < 4.78 is 5.92. The van der Waals surface area contributed by atoms with Crippen LogP contribution < -0.4 is 5.32 Å². The van der Waals surface area contributed by atoms with Crippen molar-refractivity contribution in [3.8, 4) is 0 Å². The smallest absolute Gasteiger partial charge is 0.306 e. The van der Waals surface area contributed by atoms with Gasteiger partial charge in [0.05, 0.1) is 25.2 Å². The molecule has 0 radical (unpaired) electrons.